The Hall–Kier alpha value is -1.88. The normalized spacial score (nSPS) is 22.0. The van der Waals surface area contributed by atoms with E-state index in [0.717, 1.165) is 42.8 Å². The minimum Gasteiger partial charge on any atom is -0.351 e. The molecule has 0 radical (unpaired) electrons. The van der Waals surface area contributed by atoms with Gasteiger partial charge in [-0.25, -0.2) is 0 Å². The number of thiocarbonyl (C=S) groups is 1. The number of rotatable bonds is 2. The van der Waals surface area contributed by atoms with Crippen LogP contribution in [0.4, 0.5) is 0 Å². The van der Waals surface area contributed by atoms with Crippen molar-refractivity contribution in [3.05, 3.63) is 47.2 Å². The first-order valence-corrected chi connectivity index (χ1v) is 7.70. The summed E-state index contributed by atoms with van der Waals surface area (Å²) in [4.78, 5) is 14.8. The zero-order chi connectivity index (χ0) is 14.8. The fourth-order valence-electron chi connectivity index (χ4n) is 2.96. The number of nitrogens with one attached hydrogen (secondary N) is 2. The first-order chi connectivity index (χ1) is 10.2. The van der Waals surface area contributed by atoms with Crippen LogP contribution in [0.2, 0.25) is 0 Å². The van der Waals surface area contributed by atoms with Crippen molar-refractivity contribution in [3.63, 3.8) is 0 Å². The number of benzene rings is 1. The Morgan fingerprint density at radius 3 is 2.57 bits per heavy atom. The van der Waals surface area contributed by atoms with Crippen molar-refractivity contribution in [1.82, 2.24) is 15.5 Å². The lowest BCUT2D eigenvalue weighted by Crippen LogP contribution is -2.47. The molecule has 2 aliphatic rings. The molecule has 1 atom stereocenters. The van der Waals surface area contributed by atoms with Gasteiger partial charge in [0.05, 0.1) is 11.6 Å². The van der Waals surface area contributed by atoms with Crippen molar-refractivity contribution in [3.8, 4) is 0 Å². The average Bonchev–Trinajstić information content (AvgIpc) is 3.01. The van der Waals surface area contributed by atoms with Crippen molar-refractivity contribution in [1.29, 1.82) is 0 Å². The molecular weight excluding hydrogens is 282 g/mol. The van der Waals surface area contributed by atoms with Crippen LogP contribution in [0.5, 0.6) is 0 Å². The van der Waals surface area contributed by atoms with Crippen LogP contribution in [0.1, 0.15) is 31.4 Å². The molecule has 21 heavy (non-hydrogen) atoms. The topological polar surface area (TPSA) is 44.4 Å². The van der Waals surface area contributed by atoms with E-state index in [0.29, 0.717) is 5.11 Å². The Balaban J connectivity index is 1.98. The lowest BCUT2D eigenvalue weighted by molar-refractivity contribution is -0.126. The van der Waals surface area contributed by atoms with Gasteiger partial charge in [-0.05, 0) is 37.5 Å². The molecule has 0 aliphatic carbocycles. The molecule has 1 amide bonds. The maximum Gasteiger partial charge on any atom is 0.253 e. The van der Waals surface area contributed by atoms with Crippen molar-refractivity contribution < 1.29 is 4.79 Å². The summed E-state index contributed by atoms with van der Waals surface area (Å²) in [7, 11) is 0. The molecule has 1 aromatic rings. The largest absolute Gasteiger partial charge is 0.351 e. The van der Waals surface area contributed by atoms with Gasteiger partial charge in [0.2, 0.25) is 0 Å². The first-order valence-electron chi connectivity index (χ1n) is 7.29. The highest BCUT2D eigenvalue weighted by Crippen LogP contribution is 2.29. The second-order valence-electron chi connectivity index (χ2n) is 5.48. The van der Waals surface area contributed by atoms with Gasteiger partial charge in [-0.15, -0.1) is 0 Å². The van der Waals surface area contributed by atoms with E-state index in [9.17, 15) is 4.79 Å². The number of hydrogen-bond acceptors (Lipinski definition) is 2. The monoisotopic (exact) mass is 301 g/mol. The summed E-state index contributed by atoms with van der Waals surface area (Å²) < 4.78 is 0. The second-order valence-corrected chi connectivity index (χ2v) is 5.89. The molecule has 2 heterocycles. The Morgan fingerprint density at radius 1 is 1.24 bits per heavy atom. The van der Waals surface area contributed by atoms with Gasteiger partial charge in [0.1, 0.15) is 0 Å². The van der Waals surface area contributed by atoms with E-state index >= 15 is 0 Å². The zero-order valence-electron chi connectivity index (χ0n) is 12.1. The molecule has 0 saturated carbocycles. The molecule has 110 valence electrons. The van der Waals surface area contributed by atoms with Crippen molar-refractivity contribution >= 4 is 23.2 Å². The van der Waals surface area contributed by atoms with Gasteiger partial charge >= 0.3 is 0 Å². The molecule has 1 aromatic carbocycles. The summed E-state index contributed by atoms with van der Waals surface area (Å²) in [6, 6.07) is 9.81. The summed E-state index contributed by atoms with van der Waals surface area (Å²) >= 11 is 5.25. The van der Waals surface area contributed by atoms with Crippen molar-refractivity contribution in [2.45, 2.75) is 25.8 Å². The predicted octanol–water partition coefficient (Wildman–Crippen LogP) is 2.10. The summed E-state index contributed by atoms with van der Waals surface area (Å²) in [6.45, 7) is 3.62. The predicted molar refractivity (Wildman–Crippen MR) is 86.6 cm³/mol. The highest BCUT2D eigenvalue weighted by Gasteiger charge is 2.33. The van der Waals surface area contributed by atoms with Crippen LogP contribution >= 0.6 is 12.2 Å². The van der Waals surface area contributed by atoms with E-state index in [1.165, 1.54) is 0 Å². The van der Waals surface area contributed by atoms with Gasteiger partial charge in [-0.1, -0.05) is 30.3 Å². The molecule has 2 N–H and O–H groups in total. The lowest BCUT2D eigenvalue weighted by Gasteiger charge is -2.32. The molecule has 2 aliphatic heterocycles. The van der Waals surface area contributed by atoms with Crippen molar-refractivity contribution in [2.24, 2.45) is 0 Å². The minimum absolute atomic E-state index is 0.112. The minimum atomic E-state index is -0.173. The number of hydrogen-bond donors (Lipinski definition) is 2. The fourth-order valence-corrected chi connectivity index (χ4v) is 3.23. The highest BCUT2D eigenvalue weighted by atomic mass is 32.1. The van der Waals surface area contributed by atoms with Gasteiger partial charge in [0.15, 0.2) is 5.11 Å². The highest BCUT2D eigenvalue weighted by molar-refractivity contribution is 7.80. The Bertz CT molecular complexity index is 591. The van der Waals surface area contributed by atoms with E-state index < -0.39 is 0 Å². The van der Waals surface area contributed by atoms with Gasteiger partial charge in [-0.3, -0.25) is 4.79 Å². The molecule has 5 heteroatoms. The number of carbonyl (C=O) groups is 1. The lowest BCUT2D eigenvalue weighted by atomic mass is 9.94. The van der Waals surface area contributed by atoms with Gasteiger partial charge in [0.25, 0.3) is 5.91 Å². The van der Waals surface area contributed by atoms with E-state index in [4.69, 9.17) is 12.2 Å². The molecule has 1 saturated heterocycles. The van der Waals surface area contributed by atoms with Crippen LogP contribution < -0.4 is 10.6 Å². The molecule has 0 spiro atoms. The summed E-state index contributed by atoms with van der Waals surface area (Å²) in [5.41, 5.74) is 2.68. The van der Waals surface area contributed by atoms with Gasteiger partial charge in [-0.2, -0.15) is 0 Å². The second kappa shape index (κ2) is 5.85. The van der Waals surface area contributed by atoms with E-state index in [-0.39, 0.29) is 11.9 Å². The Kier molecular flexibility index (Phi) is 3.92. The van der Waals surface area contributed by atoms with E-state index in [1.54, 1.807) is 0 Å². The molecular formula is C16H19N3OS. The smallest absolute Gasteiger partial charge is 0.253 e. The first kappa shape index (κ1) is 14.1. The van der Waals surface area contributed by atoms with Crippen LogP contribution in [0.25, 0.3) is 0 Å². The average molecular weight is 301 g/mol. The maximum atomic E-state index is 12.8. The van der Waals surface area contributed by atoms with E-state index in [1.807, 2.05) is 42.2 Å². The quantitative estimate of drug-likeness (QED) is 0.821. The SMILES string of the molecule is CC1=C(C(=O)N2CCCC2)C(c2ccccc2)NC(=S)N1. The standard InChI is InChI=1S/C16H19N3OS/c1-11-13(15(20)19-9-5-6-10-19)14(18-16(21)17-11)12-7-3-2-4-8-12/h2-4,7-8,14H,5-6,9-10H2,1H3,(H2,17,18,21). The van der Waals surface area contributed by atoms with Crippen LogP contribution in [-0.2, 0) is 4.79 Å². The number of amides is 1. The molecule has 0 aromatic heterocycles. The molecule has 1 unspecified atom stereocenters. The Morgan fingerprint density at radius 2 is 1.90 bits per heavy atom. The van der Waals surface area contributed by atoms with Crippen LogP contribution in [0, 0.1) is 0 Å². The molecule has 1 fully saturated rings. The molecule has 0 bridgehead atoms. The summed E-state index contributed by atoms with van der Waals surface area (Å²) in [5.74, 6) is 0.112. The Labute approximate surface area is 130 Å². The van der Waals surface area contributed by atoms with E-state index in [2.05, 4.69) is 10.6 Å². The number of allylic oxidation sites excluding steroid dienone is 1. The molecule has 3 rings (SSSR count). The number of carbonyl (C=O) groups excluding carboxylic acids is 1. The third kappa shape index (κ3) is 2.78. The number of likely N-dealkylation sites (tertiary alicyclic amines) is 1. The van der Waals surface area contributed by atoms with Crippen molar-refractivity contribution in [2.75, 3.05) is 13.1 Å². The third-order valence-electron chi connectivity index (χ3n) is 4.03. The van der Waals surface area contributed by atoms with Crippen LogP contribution in [-0.4, -0.2) is 29.0 Å². The fraction of sp³-hybridized carbons (Fsp3) is 0.375. The van der Waals surface area contributed by atoms with Crippen LogP contribution in [0.3, 0.4) is 0 Å². The zero-order valence-corrected chi connectivity index (χ0v) is 12.9. The van der Waals surface area contributed by atoms with Crippen LogP contribution in [0.15, 0.2) is 41.6 Å². The maximum absolute atomic E-state index is 12.8. The summed E-state index contributed by atoms with van der Waals surface area (Å²) in [5, 5.41) is 6.89. The number of nitrogens with zero attached hydrogens (tertiary/aromatic N) is 1. The molecule has 4 nitrogen and oxygen atoms in total. The van der Waals surface area contributed by atoms with Gasteiger partial charge < -0.3 is 15.5 Å². The third-order valence-corrected chi connectivity index (χ3v) is 4.25. The van der Waals surface area contributed by atoms with Gasteiger partial charge in [0, 0.05) is 18.8 Å². The summed E-state index contributed by atoms with van der Waals surface area (Å²) in [6.07, 6.45) is 2.18.